The summed E-state index contributed by atoms with van der Waals surface area (Å²) in [6, 6.07) is 1.08. The molecule has 1 aliphatic heterocycles. The Morgan fingerprint density at radius 2 is 2.28 bits per heavy atom. The Morgan fingerprint density at radius 3 is 2.78 bits per heavy atom. The predicted molar refractivity (Wildman–Crippen MR) is 73.6 cm³/mol. The molecule has 1 fully saturated rings. The highest BCUT2D eigenvalue weighted by atomic mass is 16.5. The highest BCUT2D eigenvalue weighted by molar-refractivity contribution is 5.80. The van der Waals surface area contributed by atoms with Gasteiger partial charge in [-0.25, -0.2) is 0 Å². The average Bonchev–Trinajstić information content (AvgIpc) is 2.85. The zero-order valence-corrected chi connectivity index (χ0v) is 12.5. The van der Waals surface area contributed by atoms with E-state index in [-0.39, 0.29) is 5.97 Å². The van der Waals surface area contributed by atoms with Gasteiger partial charge < -0.3 is 10.1 Å². The Kier molecular flexibility index (Phi) is 5.60. The third-order valence-electron chi connectivity index (χ3n) is 4.35. The normalized spacial score (nSPS) is 25.7. The molecule has 106 valence electrons. The van der Waals surface area contributed by atoms with Gasteiger partial charge in [0.2, 0.25) is 0 Å². The maximum Gasteiger partial charge on any atom is 0.325 e. The van der Waals surface area contributed by atoms with Crippen LogP contribution in [0.3, 0.4) is 0 Å². The van der Waals surface area contributed by atoms with Crippen molar-refractivity contribution in [2.24, 2.45) is 0 Å². The molecular weight excluding hydrogens is 228 g/mol. The second kappa shape index (κ2) is 6.53. The van der Waals surface area contributed by atoms with Gasteiger partial charge in [-0.05, 0) is 53.1 Å². The summed E-state index contributed by atoms with van der Waals surface area (Å²) in [4.78, 5) is 14.4. The summed E-state index contributed by atoms with van der Waals surface area (Å²) in [5.74, 6) is -0.177. The molecule has 3 atom stereocenters. The lowest BCUT2D eigenvalue weighted by atomic mass is 9.92. The summed E-state index contributed by atoms with van der Waals surface area (Å²) in [6.07, 6.45) is 4.54. The van der Waals surface area contributed by atoms with E-state index in [0.717, 1.165) is 13.0 Å². The van der Waals surface area contributed by atoms with Crippen LogP contribution in [-0.2, 0) is 9.53 Å². The summed E-state index contributed by atoms with van der Waals surface area (Å²) < 4.78 is 4.90. The molecule has 0 saturated carbocycles. The quantitative estimate of drug-likeness (QED) is 0.736. The van der Waals surface area contributed by atoms with Gasteiger partial charge in [0.1, 0.15) is 5.54 Å². The zero-order chi connectivity index (χ0) is 13.8. The van der Waals surface area contributed by atoms with Crippen LogP contribution in [0.15, 0.2) is 0 Å². The first-order valence-corrected chi connectivity index (χ1v) is 7.01. The van der Waals surface area contributed by atoms with Gasteiger partial charge in [0.25, 0.3) is 0 Å². The van der Waals surface area contributed by atoms with E-state index in [1.807, 2.05) is 14.0 Å². The molecule has 18 heavy (non-hydrogen) atoms. The second-order valence-corrected chi connectivity index (χ2v) is 5.57. The number of hydrogen-bond donors (Lipinski definition) is 1. The number of likely N-dealkylation sites (N-methyl/N-ethyl adjacent to an activating group) is 1. The van der Waals surface area contributed by atoms with Gasteiger partial charge in [0, 0.05) is 12.1 Å². The SMILES string of the molecule is CCC1CCCN1C(C)CC(C)(NC)C(=O)OC. The van der Waals surface area contributed by atoms with E-state index in [2.05, 4.69) is 24.1 Å². The first-order valence-electron chi connectivity index (χ1n) is 7.01. The van der Waals surface area contributed by atoms with E-state index in [1.165, 1.54) is 26.4 Å². The van der Waals surface area contributed by atoms with Crippen molar-refractivity contribution in [2.45, 2.75) is 64.1 Å². The van der Waals surface area contributed by atoms with Crippen LogP contribution in [-0.4, -0.2) is 49.2 Å². The number of likely N-dealkylation sites (tertiary alicyclic amines) is 1. The molecule has 0 bridgehead atoms. The Hall–Kier alpha value is -0.610. The van der Waals surface area contributed by atoms with Crippen LogP contribution in [0.4, 0.5) is 0 Å². The standard InChI is InChI=1S/C14H28N2O2/c1-6-12-8-7-9-16(12)11(2)10-14(3,15-4)13(17)18-5/h11-12,15H,6-10H2,1-5H3. The minimum Gasteiger partial charge on any atom is -0.468 e. The van der Waals surface area contributed by atoms with Crippen molar-refractivity contribution in [3.05, 3.63) is 0 Å². The van der Waals surface area contributed by atoms with Gasteiger partial charge in [-0.2, -0.15) is 0 Å². The molecule has 0 spiro atoms. The number of methoxy groups -OCH3 is 1. The molecule has 0 aliphatic carbocycles. The van der Waals surface area contributed by atoms with Gasteiger partial charge in [0.05, 0.1) is 7.11 Å². The molecule has 0 radical (unpaired) electrons. The first kappa shape index (κ1) is 15.4. The van der Waals surface area contributed by atoms with Gasteiger partial charge >= 0.3 is 5.97 Å². The van der Waals surface area contributed by atoms with Crippen LogP contribution < -0.4 is 5.32 Å². The molecule has 0 aromatic heterocycles. The summed E-state index contributed by atoms with van der Waals surface area (Å²) in [6.45, 7) is 7.53. The topological polar surface area (TPSA) is 41.6 Å². The second-order valence-electron chi connectivity index (χ2n) is 5.57. The molecule has 1 N–H and O–H groups in total. The van der Waals surface area contributed by atoms with Crippen molar-refractivity contribution in [1.29, 1.82) is 0 Å². The Balaban J connectivity index is 2.67. The third kappa shape index (κ3) is 3.23. The molecule has 0 aromatic rings. The van der Waals surface area contributed by atoms with Crippen LogP contribution >= 0.6 is 0 Å². The predicted octanol–water partition coefficient (Wildman–Crippen LogP) is 1.79. The molecule has 1 aliphatic rings. The van der Waals surface area contributed by atoms with Gasteiger partial charge in [-0.3, -0.25) is 9.69 Å². The molecule has 1 saturated heterocycles. The van der Waals surface area contributed by atoms with Crippen LogP contribution in [0.1, 0.15) is 46.5 Å². The molecule has 0 amide bonds. The maximum absolute atomic E-state index is 11.9. The fourth-order valence-corrected chi connectivity index (χ4v) is 3.10. The number of rotatable bonds is 6. The number of hydrogen-bond acceptors (Lipinski definition) is 4. The molecule has 0 aromatic carbocycles. The number of carbonyl (C=O) groups excluding carboxylic acids is 1. The fourth-order valence-electron chi connectivity index (χ4n) is 3.10. The van der Waals surface area contributed by atoms with E-state index >= 15 is 0 Å². The van der Waals surface area contributed by atoms with Crippen molar-refractivity contribution in [3.63, 3.8) is 0 Å². The maximum atomic E-state index is 11.9. The Bertz CT molecular complexity index is 283. The average molecular weight is 256 g/mol. The molecular formula is C14H28N2O2. The van der Waals surface area contributed by atoms with Crippen molar-refractivity contribution in [1.82, 2.24) is 10.2 Å². The monoisotopic (exact) mass is 256 g/mol. The summed E-state index contributed by atoms with van der Waals surface area (Å²) in [5.41, 5.74) is -0.588. The number of carbonyl (C=O) groups is 1. The van der Waals surface area contributed by atoms with Gasteiger partial charge in [-0.1, -0.05) is 6.92 Å². The van der Waals surface area contributed by atoms with Crippen LogP contribution in [0.2, 0.25) is 0 Å². The number of esters is 1. The summed E-state index contributed by atoms with van der Waals surface area (Å²) >= 11 is 0. The van der Waals surface area contributed by atoms with Crippen molar-refractivity contribution >= 4 is 5.97 Å². The number of ether oxygens (including phenoxy) is 1. The van der Waals surface area contributed by atoms with Crippen LogP contribution in [0.5, 0.6) is 0 Å². The smallest absolute Gasteiger partial charge is 0.325 e. The van der Waals surface area contributed by atoms with Crippen molar-refractivity contribution in [3.8, 4) is 0 Å². The van der Waals surface area contributed by atoms with Crippen molar-refractivity contribution in [2.75, 3.05) is 20.7 Å². The highest BCUT2D eigenvalue weighted by Gasteiger charge is 2.37. The number of nitrogens with zero attached hydrogens (tertiary/aromatic N) is 1. The largest absolute Gasteiger partial charge is 0.468 e. The highest BCUT2D eigenvalue weighted by Crippen LogP contribution is 2.26. The minimum atomic E-state index is -0.588. The van der Waals surface area contributed by atoms with Crippen LogP contribution in [0.25, 0.3) is 0 Å². The fraction of sp³-hybridized carbons (Fsp3) is 0.929. The van der Waals surface area contributed by atoms with E-state index in [0.29, 0.717) is 12.1 Å². The van der Waals surface area contributed by atoms with E-state index in [9.17, 15) is 4.79 Å². The minimum absolute atomic E-state index is 0.177. The van der Waals surface area contributed by atoms with E-state index in [1.54, 1.807) is 0 Å². The van der Waals surface area contributed by atoms with Gasteiger partial charge in [0.15, 0.2) is 0 Å². The molecule has 1 rings (SSSR count). The molecule has 4 nitrogen and oxygen atoms in total. The van der Waals surface area contributed by atoms with E-state index in [4.69, 9.17) is 4.74 Å². The third-order valence-corrected chi connectivity index (χ3v) is 4.35. The van der Waals surface area contributed by atoms with Crippen molar-refractivity contribution < 1.29 is 9.53 Å². The Labute approximate surface area is 111 Å². The zero-order valence-electron chi connectivity index (χ0n) is 12.5. The molecule has 1 heterocycles. The Morgan fingerprint density at radius 1 is 1.61 bits per heavy atom. The first-order chi connectivity index (χ1) is 8.48. The molecule has 3 unspecified atom stereocenters. The summed E-state index contributed by atoms with van der Waals surface area (Å²) in [7, 11) is 3.28. The number of nitrogens with one attached hydrogen (secondary N) is 1. The summed E-state index contributed by atoms with van der Waals surface area (Å²) in [5, 5.41) is 3.12. The lowest BCUT2D eigenvalue weighted by molar-refractivity contribution is -0.148. The van der Waals surface area contributed by atoms with Crippen LogP contribution in [0, 0.1) is 0 Å². The molecule has 4 heteroatoms. The lowest BCUT2D eigenvalue weighted by Gasteiger charge is -2.36. The van der Waals surface area contributed by atoms with Gasteiger partial charge in [-0.15, -0.1) is 0 Å². The lowest BCUT2D eigenvalue weighted by Crippen LogP contribution is -2.53. The van der Waals surface area contributed by atoms with E-state index < -0.39 is 5.54 Å².